The fourth-order valence-electron chi connectivity index (χ4n) is 3.53. The third kappa shape index (κ3) is 4.31. The van der Waals surface area contributed by atoms with Gasteiger partial charge in [0.15, 0.2) is 0 Å². The lowest BCUT2D eigenvalue weighted by atomic mass is 9.71. The molecular formula is C18H26O3. The first kappa shape index (κ1) is 16.0. The number of carbonyl (C=O) groups excluding carboxylic acids is 1. The molecule has 3 nitrogen and oxygen atoms in total. The molecule has 1 aromatic carbocycles. The van der Waals surface area contributed by atoms with E-state index < -0.39 is 5.97 Å². The quantitative estimate of drug-likeness (QED) is 0.602. The second-order valence-electron chi connectivity index (χ2n) is 7.32. The summed E-state index contributed by atoms with van der Waals surface area (Å²) in [4.78, 5) is 22.6. The van der Waals surface area contributed by atoms with Crippen molar-refractivity contribution in [1.29, 1.82) is 0 Å². The molecule has 0 aliphatic heterocycles. The number of aryl methyl sites for hydroxylation is 2. The van der Waals surface area contributed by atoms with Crippen molar-refractivity contribution >= 4 is 5.97 Å². The van der Waals surface area contributed by atoms with Gasteiger partial charge < -0.3 is 0 Å². The summed E-state index contributed by atoms with van der Waals surface area (Å²) in [6.45, 7) is 10.6. The van der Waals surface area contributed by atoms with Crippen LogP contribution in [0.5, 0.6) is 0 Å². The van der Waals surface area contributed by atoms with E-state index in [0.29, 0.717) is 11.5 Å². The minimum absolute atomic E-state index is 0.00143. The molecule has 1 aliphatic carbocycles. The Morgan fingerprint density at radius 1 is 1.24 bits per heavy atom. The van der Waals surface area contributed by atoms with Crippen LogP contribution < -0.4 is 0 Å². The number of benzene rings is 1. The second kappa shape index (κ2) is 6.18. The maximum absolute atomic E-state index is 12.1. The molecule has 1 fully saturated rings. The molecule has 0 heterocycles. The molecule has 0 radical (unpaired) electrons. The van der Waals surface area contributed by atoms with Crippen LogP contribution in [0.3, 0.4) is 0 Å². The molecular weight excluding hydrogens is 264 g/mol. The van der Waals surface area contributed by atoms with Gasteiger partial charge in [-0.2, -0.15) is 4.89 Å². The first-order valence-electron chi connectivity index (χ1n) is 7.72. The first-order chi connectivity index (χ1) is 9.77. The van der Waals surface area contributed by atoms with Gasteiger partial charge in [0.1, 0.15) is 6.10 Å². The summed E-state index contributed by atoms with van der Waals surface area (Å²) in [6.07, 6.45) is 3.07. The SMILES string of the molecule is Cc1ccc(C(=O)OOC2CC(C)CC(C)(C)C2)c(C)c1. The number of hydrogen-bond donors (Lipinski definition) is 0. The summed E-state index contributed by atoms with van der Waals surface area (Å²) >= 11 is 0. The van der Waals surface area contributed by atoms with E-state index in [2.05, 4.69) is 20.8 Å². The maximum Gasteiger partial charge on any atom is 0.373 e. The Morgan fingerprint density at radius 3 is 2.57 bits per heavy atom. The minimum Gasteiger partial charge on any atom is -0.293 e. The van der Waals surface area contributed by atoms with Crippen LogP contribution in [0.4, 0.5) is 0 Å². The van der Waals surface area contributed by atoms with E-state index in [1.165, 1.54) is 6.42 Å². The fraction of sp³-hybridized carbons (Fsp3) is 0.611. The summed E-state index contributed by atoms with van der Waals surface area (Å²) in [5.41, 5.74) is 2.87. The molecule has 3 heteroatoms. The van der Waals surface area contributed by atoms with Gasteiger partial charge in [0.2, 0.25) is 0 Å². The van der Waals surface area contributed by atoms with Crippen LogP contribution in [0.1, 0.15) is 61.5 Å². The van der Waals surface area contributed by atoms with E-state index in [-0.39, 0.29) is 11.5 Å². The highest BCUT2D eigenvalue weighted by Gasteiger charge is 2.33. The van der Waals surface area contributed by atoms with Crippen molar-refractivity contribution in [3.8, 4) is 0 Å². The predicted octanol–water partition coefficient (Wildman–Crippen LogP) is 4.61. The molecule has 1 saturated carbocycles. The van der Waals surface area contributed by atoms with Crippen molar-refractivity contribution in [2.75, 3.05) is 0 Å². The van der Waals surface area contributed by atoms with Crippen LogP contribution >= 0.6 is 0 Å². The van der Waals surface area contributed by atoms with Crippen LogP contribution in [-0.4, -0.2) is 12.1 Å². The Balaban J connectivity index is 1.95. The highest BCUT2D eigenvalue weighted by Crippen LogP contribution is 2.39. The largest absolute Gasteiger partial charge is 0.373 e. The zero-order valence-corrected chi connectivity index (χ0v) is 13.7. The molecule has 2 atom stereocenters. The highest BCUT2D eigenvalue weighted by atomic mass is 17.2. The van der Waals surface area contributed by atoms with Gasteiger partial charge in [-0.05, 0) is 56.1 Å². The smallest absolute Gasteiger partial charge is 0.293 e. The Morgan fingerprint density at radius 2 is 1.95 bits per heavy atom. The molecule has 2 rings (SSSR count). The normalized spacial score (nSPS) is 24.6. The summed E-state index contributed by atoms with van der Waals surface area (Å²) in [5, 5.41) is 0. The number of carbonyl (C=O) groups is 1. The van der Waals surface area contributed by atoms with Crippen molar-refractivity contribution in [2.45, 2.75) is 60.0 Å². The minimum atomic E-state index is -0.400. The molecule has 0 bridgehead atoms. The van der Waals surface area contributed by atoms with Crippen LogP contribution in [-0.2, 0) is 9.78 Å². The van der Waals surface area contributed by atoms with Crippen molar-refractivity contribution in [1.82, 2.24) is 0 Å². The lowest BCUT2D eigenvalue weighted by Crippen LogP contribution is -2.33. The standard InChI is InChI=1S/C18H26O3/c1-12-6-7-16(14(3)8-12)17(19)21-20-15-9-13(2)10-18(4,5)11-15/h6-8,13,15H,9-11H2,1-5H3. The van der Waals surface area contributed by atoms with E-state index in [0.717, 1.165) is 24.0 Å². The zero-order chi connectivity index (χ0) is 15.6. The lowest BCUT2D eigenvalue weighted by molar-refractivity contribution is -0.287. The van der Waals surface area contributed by atoms with E-state index in [1.807, 2.05) is 26.0 Å². The summed E-state index contributed by atoms with van der Waals surface area (Å²) in [7, 11) is 0. The van der Waals surface area contributed by atoms with Gasteiger partial charge in [-0.25, -0.2) is 4.79 Å². The van der Waals surface area contributed by atoms with E-state index in [4.69, 9.17) is 9.78 Å². The average Bonchev–Trinajstić information content (AvgIpc) is 2.33. The van der Waals surface area contributed by atoms with Crippen molar-refractivity contribution in [3.63, 3.8) is 0 Å². The second-order valence-corrected chi connectivity index (χ2v) is 7.32. The first-order valence-corrected chi connectivity index (χ1v) is 7.72. The van der Waals surface area contributed by atoms with Gasteiger partial charge >= 0.3 is 5.97 Å². The van der Waals surface area contributed by atoms with Crippen molar-refractivity contribution in [3.05, 3.63) is 34.9 Å². The highest BCUT2D eigenvalue weighted by molar-refractivity contribution is 5.90. The van der Waals surface area contributed by atoms with Crippen LogP contribution in [0, 0.1) is 25.2 Å². The lowest BCUT2D eigenvalue weighted by Gasteiger charge is -2.37. The molecule has 0 N–H and O–H groups in total. The molecule has 116 valence electrons. The van der Waals surface area contributed by atoms with E-state index in [9.17, 15) is 4.79 Å². The van der Waals surface area contributed by atoms with Gasteiger partial charge in [-0.1, -0.05) is 38.5 Å². The molecule has 21 heavy (non-hydrogen) atoms. The topological polar surface area (TPSA) is 35.5 Å². The molecule has 0 saturated heterocycles. The fourth-order valence-corrected chi connectivity index (χ4v) is 3.53. The van der Waals surface area contributed by atoms with Crippen LogP contribution in [0.25, 0.3) is 0 Å². The summed E-state index contributed by atoms with van der Waals surface area (Å²) < 4.78 is 0. The Hall–Kier alpha value is -1.35. The molecule has 0 amide bonds. The average molecular weight is 290 g/mol. The van der Waals surface area contributed by atoms with E-state index >= 15 is 0 Å². The Kier molecular flexibility index (Phi) is 4.72. The molecule has 1 aromatic rings. The Labute approximate surface area is 127 Å². The van der Waals surface area contributed by atoms with Gasteiger partial charge in [-0.3, -0.25) is 4.89 Å². The summed E-state index contributed by atoms with van der Waals surface area (Å²) in [6, 6.07) is 5.68. The Bertz CT molecular complexity index is 519. The van der Waals surface area contributed by atoms with Crippen molar-refractivity contribution in [2.24, 2.45) is 11.3 Å². The zero-order valence-electron chi connectivity index (χ0n) is 13.7. The predicted molar refractivity (Wildman–Crippen MR) is 83.0 cm³/mol. The van der Waals surface area contributed by atoms with Gasteiger partial charge in [0, 0.05) is 0 Å². The molecule has 2 unspecified atom stereocenters. The van der Waals surface area contributed by atoms with Crippen LogP contribution in [0.15, 0.2) is 18.2 Å². The number of rotatable bonds is 3. The molecule has 0 spiro atoms. The van der Waals surface area contributed by atoms with Crippen molar-refractivity contribution < 1.29 is 14.6 Å². The van der Waals surface area contributed by atoms with Gasteiger partial charge in [0.05, 0.1) is 5.56 Å². The van der Waals surface area contributed by atoms with Gasteiger partial charge in [0.25, 0.3) is 0 Å². The third-order valence-corrected chi connectivity index (χ3v) is 4.21. The van der Waals surface area contributed by atoms with Gasteiger partial charge in [-0.15, -0.1) is 0 Å². The van der Waals surface area contributed by atoms with E-state index in [1.54, 1.807) is 6.07 Å². The maximum atomic E-state index is 12.1. The molecule has 0 aromatic heterocycles. The van der Waals surface area contributed by atoms with Crippen LogP contribution in [0.2, 0.25) is 0 Å². The summed E-state index contributed by atoms with van der Waals surface area (Å²) in [5.74, 6) is 0.196. The third-order valence-electron chi connectivity index (χ3n) is 4.21. The molecule has 1 aliphatic rings. The monoisotopic (exact) mass is 290 g/mol. The number of hydrogen-bond acceptors (Lipinski definition) is 3.